The molecule has 0 spiro atoms. The molecule has 1 atom stereocenters. The molecule has 1 N–H and O–H groups in total. The fraction of sp³-hybridized carbons (Fsp3) is 0.688. The summed E-state index contributed by atoms with van der Waals surface area (Å²) < 4.78 is 5.23. The van der Waals surface area contributed by atoms with E-state index < -0.39 is 4.92 Å². The molecule has 1 unspecified atom stereocenters. The second kappa shape index (κ2) is 7.30. The van der Waals surface area contributed by atoms with E-state index in [1.54, 1.807) is 4.90 Å². The highest BCUT2D eigenvalue weighted by molar-refractivity contribution is 5.92. The second-order valence-electron chi connectivity index (χ2n) is 7.19. The minimum absolute atomic E-state index is 0.0356. The summed E-state index contributed by atoms with van der Waals surface area (Å²) in [5, 5.41) is 16.7. The maximum Gasteiger partial charge on any atom is 0.410 e. The van der Waals surface area contributed by atoms with Crippen LogP contribution in [0.2, 0.25) is 0 Å². The van der Waals surface area contributed by atoms with Gasteiger partial charge in [0, 0.05) is 19.1 Å². The van der Waals surface area contributed by atoms with Crippen molar-refractivity contribution in [1.29, 1.82) is 0 Å². The third kappa shape index (κ3) is 3.63. The van der Waals surface area contributed by atoms with Crippen LogP contribution in [-0.2, 0) is 4.74 Å². The molecule has 2 saturated heterocycles. The average molecular weight is 365 g/mol. The molecule has 1 aromatic heterocycles. The molecule has 0 bridgehead atoms. The van der Waals surface area contributed by atoms with Crippen LogP contribution in [0.1, 0.15) is 43.6 Å². The van der Waals surface area contributed by atoms with E-state index >= 15 is 0 Å². The first-order valence-electron chi connectivity index (χ1n) is 8.81. The molecule has 0 aliphatic carbocycles. The van der Waals surface area contributed by atoms with Crippen LogP contribution < -0.4 is 0 Å². The largest absolute Gasteiger partial charge is 0.447 e. The third-order valence-electron chi connectivity index (χ3n) is 4.87. The molecule has 2 fully saturated rings. The Morgan fingerprint density at radius 2 is 2.15 bits per heavy atom. The highest BCUT2D eigenvalue weighted by Gasteiger charge is 2.40. The van der Waals surface area contributed by atoms with Gasteiger partial charge in [-0.3, -0.25) is 9.69 Å². The van der Waals surface area contributed by atoms with Crippen LogP contribution in [0, 0.1) is 16.0 Å². The standard InChI is InChI=1S/C16H23N5O5/c1-10(2)7-12-9-26-16(23)20(12)11-3-5-19(6-4-11)15(22)13-8-14(18-17-13)21(24)25/h8,10-12H,3-7,9H2,1-2H3,(H,17,18). The van der Waals surface area contributed by atoms with Gasteiger partial charge in [-0.1, -0.05) is 18.9 Å². The van der Waals surface area contributed by atoms with Crippen LogP contribution in [0.3, 0.4) is 0 Å². The van der Waals surface area contributed by atoms with Crippen molar-refractivity contribution in [3.05, 3.63) is 21.9 Å². The molecule has 142 valence electrons. The predicted octanol–water partition coefficient (Wildman–Crippen LogP) is 1.79. The minimum Gasteiger partial charge on any atom is -0.447 e. The lowest BCUT2D eigenvalue weighted by molar-refractivity contribution is -0.389. The smallest absolute Gasteiger partial charge is 0.410 e. The fourth-order valence-corrected chi connectivity index (χ4v) is 3.67. The number of H-pyrrole nitrogens is 1. The number of aromatic nitrogens is 2. The van der Waals surface area contributed by atoms with Crippen LogP contribution >= 0.6 is 0 Å². The molecule has 0 radical (unpaired) electrons. The Hall–Kier alpha value is -2.65. The summed E-state index contributed by atoms with van der Waals surface area (Å²) in [6.07, 6.45) is 1.93. The van der Waals surface area contributed by atoms with E-state index in [0.717, 1.165) is 12.5 Å². The van der Waals surface area contributed by atoms with Gasteiger partial charge in [-0.15, -0.1) is 5.10 Å². The Balaban J connectivity index is 1.60. The van der Waals surface area contributed by atoms with E-state index in [-0.39, 0.29) is 35.6 Å². The molecule has 1 aromatic rings. The molecule has 2 aliphatic heterocycles. The number of hydrogen-bond acceptors (Lipinski definition) is 6. The number of carbonyl (C=O) groups excluding carboxylic acids is 2. The van der Waals surface area contributed by atoms with Gasteiger partial charge in [0.2, 0.25) is 0 Å². The zero-order chi connectivity index (χ0) is 18.8. The van der Waals surface area contributed by atoms with Crippen molar-refractivity contribution in [2.24, 2.45) is 5.92 Å². The molecular formula is C16H23N5O5. The number of hydrogen-bond donors (Lipinski definition) is 1. The van der Waals surface area contributed by atoms with Gasteiger partial charge in [0.1, 0.15) is 6.61 Å². The van der Waals surface area contributed by atoms with Crippen LogP contribution in [0.5, 0.6) is 0 Å². The van der Waals surface area contributed by atoms with Gasteiger partial charge in [-0.2, -0.15) is 0 Å². The lowest BCUT2D eigenvalue weighted by atomic mass is 9.98. The van der Waals surface area contributed by atoms with E-state index in [4.69, 9.17) is 4.74 Å². The monoisotopic (exact) mass is 365 g/mol. The maximum atomic E-state index is 12.5. The fourth-order valence-electron chi connectivity index (χ4n) is 3.67. The van der Waals surface area contributed by atoms with Crippen molar-refractivity contribution in [3.8, 4) is 0 Å². The number of nitrogens with one attached hydrogen (secondary N) is 1. The lowest BCUT2D eigenvalue weighted by Crippen LogP contribution is -2.50. The predicted molar refractivity (Wildman–Crippen MR) is 90.6 cm³/mol. The number of amides is 2. The van der Waals surface area contributed by atoms with Crippen molar-refractivity contribution in [2.45, 2.75) is 45.2 Å². The lowest BCUT2D eigenvalue weighted by Gasteiger charge is -2.37. The van der Waals surface area contributed by atoms with Crippen molar-refractivity contribution in [1.82, 2.24) is 20.0 Å². The Labute approximate surface area is 150 Å². The van der Waals surface area contributed by atoms with Crippen LogP contribution in [0.15, 0.2) is 6.07 Å². The molecule has 2 amide bonds. The summed E-state index contributed by atoms with van der Waals surface area (Å²) in [7, 11) is 0. The van der Waals surface area contributed by atoms with Crippen molar-refractivity contribution >= 4 is 17.8 Å². The molecule has 3 rings (SSSR count). The maximum absolute atomic E-state index is 12.5. The molecule has 10 heteroatoms. The second-order valence-corrected chi connectivity index (χ2v) is 7.19. The summed E-state index contributed by atoms with van der Waals surface area (Å²) in [6.45, 7) is 5.61. The molecule has 3 heterocycles. The number of carbonyl (C=O) groups is 2. The van der Waals surface area contributed by atoms with Gasteiger partial charge in [0.25, 0.3) is 5.91 Å². The van der Waals surface area contributed by atoms with E-state index in [0.29, 0.717) is 38.5 Å². The number of ether oxygens (including phenoxy) is 1. The minimum atomic E-state index is -0.621. The van der Waals surface area contributed by atoms with Gasteiger partial charge in [0.05, 0.1) is 12.1 Å². The highest BCUT2D eigenvalue weighted by Crippen LogP contribution is 2.27. The van der Waals surface area contributed by atoms with Crippen molar-refractivity contribution < 1.29 is 19.2 Å². The molecule has 10 nitrogen and oxygen atoms in total. The van der Waals surface area contributed by atoms with Gasteiger partial charge in [-0.25, -0.2) is 4.79 Å². The number of aromatic amines is 1. The summed E-state index contributed by atoms with van der Waals surface area (Å²) in [5.41, 5.74) is 0.0356. The van der Waals surface area contributed by atoms with Gasteiger partial charge in [-0.05, 0) is 30.1 Å². The summed E-state index contributed by atoms with van der Waals surface area (Å²) >= 11 is 0. The number of nitro groups is 1. The Morgan fingerprint density at radius 3 is 2.73 bits per heavy atom. The van der Waals surface area contributed by atoms with Gasteiger partial charge >= 0.3 is 11.9 Å². The highest BCUT2D eigenvalue weighted by atomic mass is 16.6. The molecular weight excluding hydrogens is 342 g/mol. The number of cyclic esters (lactones) is 1. The van der Waals surface area contributed by atoms with E-state index in [9.17, 15) is 19.7 Å². The third-order valence-corrected chi connectivity index (χ3v) is 4.87. The Bertz CT molecular complexity index is 695. The first-order valence-corrected chi connectivity index (χ1v) is 8.81. The van der Waals surface area contributed by atoms with Crippen molar-refractivity contribution in [2.75, 3.05) is 19.7 Å². The molecule has 0 saturated carbocycles. The van der Waals surface area contributed by atoms with Crippen LogP contribution in [0.25, 0.3) is 0 Å². The zero-order valence-corrected chi connectivity index (χ0v) is 14.9. The van der Waals surface area contributed by atoms with E-state index in [2.05, 4.69) is 24.0 Å². The van der Waals surface area contributed by atoms with Gasteiger partial charge in [0.15, 0.2) is 5.69 Å². The quantitative estimate of drug-likeness (QED) is 0.627. The van der Waals surface area contributed by atoms with Crippen LogP contribution in [-0.4, -0.2) is 68.7 Å². The number of rotatable bonds is 5. The van der Waals surface area contributed by atoms with Crippen LogP contribution in [0.4, 0.5) is 10.6 Å². The Morgan fingerprint density at radius 1 is 1.46 bits per heavy atom. The summed E-state index contributed by atoms with van der Waals surface area (Å²) in [4.78, 5) is 38.1. The van der Waals surface area contributed by atoms with E-state index in [1.807, 2.05) is 4.90 Å². The summed E-state index contributed by atoms with van der Waals surface area (Å²) in [6, 6.07) is 1.28. The first kappa shape index (κ1) is 18.2. The number of likely N-dealkylation sites (tertiary alicyclic amines) is 1. The molecule has 0 aromatic carbocycles. The zero-order valence-electron chi connectivity index (χ0n) is 14.9. The number of nitrogens with zero attached hydrogens (tertiary/aromatic N) is 4. The SMILES string of the molecule is CC(C)CC1COC(=O)N1C1CCN(C(=O)c2cc([N+](=O)[O-])[nH]n2)CC1. The topological polar surface area (TPSA) is 122 Å². The summed E-state index contributed by atoms with van der Waals surface area (Å²) in [5.74, 6) is -0.177. The van der Waals surface area contributed by atoms with Gasteiger partial charge < -0.3 is 19.8 Å². The Kier molecular flexibility index (Phi) is 5.10. The normalized spacial score (nSPS) is 21.3. The first-order chi connectivity index (χ1) is 12.4. The number of piperidine rings is 1. The molecule has 2 aliphatic rings. The van der Waals surface area contributed by atoms with Crippen molar-refractivity contribution in [3.63, 3.8) is 0 Å². The average Bonchev–Trinajstić information content (AvgIpc) is 3.22. The van der Waals surface area contributed by atoms with E-state index in [1.165, 1.54) is 0 Å². The molecule has 26 heavy (non-hydrogen) atoms.